The van der Waals surface area contributed by atoms with Gasteiger partial charge in [-0.25, -0.2) is 0 Å². The number of hydrogen-bond acceptors (Lipinski definition) is 5. The lowest BCUT2D eigenvalue weighted by atomic mass is 9.98. The van der Waals surface area contributed by atoms with E-state index in [1.165, 1.54) is 17.3 Å². The van der Waals surface area contributed by atoms with Crippen LogP contribution in [0.1, 0.15) is 35.4 Å². The van der Waals surface area contributed by atoms with Gasteiger partial charge in [0.15, 0.2) is 0 Å². The van der Waals surface area contributed by atoms with Crippen LogP contribution >= 0.6 is 11.8 Å². The van der Waals surface area contributed by atoms with Crippen molar-refractivity contribution in [3.05, 3.63) is 77.2 Å². The molecule has 1 heterocycles. The molecule has 0 saturated heterocycles. The molecular weight excluding hydrogens is 318 g/mol. The van der Waals surface area contributed by atoms with Gasteiger partial charge in [0, 0.05) is 12.2 Å². The highest BCUT2D eigenvalue weighted by Crippen LogP contribution is 2.24. The molecule has 0 radical (unpaired) electrons. The second kappa shape index (κ2) is 7.80. The molecule has 2 aromatic carbocycles. The molecule has 4 nitrogen and oxygen atoms in total. The quantitative estimate of drug-likeness (QED) is 0.617. The van der Waals surface area contributed by atoms with Crippen LogP contribution in [0.5, 0.6) is 0 Å². The van der Waals surface area contributed by atoms with Crippen LogP contribution in [0.3, 0.4) is 0 Å². The fourth-order valence-electron chi connectivity index (χ4n) is 2.42. The van der Waals surface area contributed by atoms with Crippen molar-refractivity contribution in [2.24, 2.45) is 0 Å². The van der Waals surface area contributed by atoms with Crippen molar-refractivity contribution in [2.45, 2.75) is 30.2 Å². The maximum atomic E-state index is 8.93. The minimum absolute atomic E-state index is 0.330. The number of hydrogen-bond donors (Lipinski definition) is 0. The van der Waals surface area contributed by atoms with Crippen molar-refractivity contribution < 1.29 is 4.42 Å². The van der Waals surface area contributed by atoms with E-state index in [4.69, 9.17) is 9.68 Å². The maximum Gasteiger partial charge on any atom is 0.276 e. The summed E-state index contributed by atoms with van der Waals surface area (Å²) in [7, 11) is 0. The first-order valence-corrected chi connectivity index (χ1v) is 8.72. The van der Waals surface area contributed by atoms with Gasteiger partial charge >= 0.3 is 0 Å². The normalized spacial score (nSPS) is 11.8. The van der Waals surface area contributed by atoms with Crippen LogP contribution in [0.15, 0.2) is 64.2 Å². The molecule has 0 N–H and O–H groups in total. The summed E-state index contributed by atoms with van der Waals surface area (Å²) in [4.78, 5) is 0. The lowest BCUT2D eigenvalue weighted by molar-refractivity contribution is 0.404. The lowest BCUT2D eigenvalue weighted by Gasteiger charge is -2.08. The van der Waals surface area contributed by atoms with E-state index in [2.05, 4.69) is 35.3 Å². The summed E-state index contributed by atoms with van der Waals surface area (Å²) in [5.41, 5.74) is 2.99. The highest BCUT2D eigenvalue weighted by Gasteiger charge is 2.12. The van der Waals surface area contributed by atoms with E-state index in [9.17, 15) is 0 Å². The van der Waals surface area contributed by atoms with E-state index >= 15 is 0 Å². The fourth-order valence-corrected chi connectivity index (χ4v) is 3.14. The van der Waals surface area contributed by atoms with Crippen molar-refractivity contribution in [2.75, 3.05) is 0 Å². The molecule has 24 heavy (non-hydrogen) atoms. The zero-order valence-electron chi connectivity index (χ0n) is 13.3. The summed E-state index contributed by atoms with van der Waals surface area (Å²) >= 11 is 1.49. The van der Waals surface area contributed by atoms with Crippen molar-refractivity contribution >= 4 is 11.8 Å². The summed E-state index contributed by atoms with van der Waals surface area (Å²) in [6.07, 6.45) is 0.724. The Hall–Kier alpha value is -2.58. The molecule has 1 aromatic heterocycles. The van der Waals surface area contributed by atoms with Crippen LogP contribution in [0.25, 0.3) is 0 Å². The Morgan fingerprint density at radius 2 is 1.96 bits per heavy atom. The SMILES string of the molecule is CC(Cc1nnc(SCc2cccc(C#N)c2)o1)c1ccccc1. The van der Waals surface area contributed by atoms with Gasteiger partial charge in [0.25, 0.3) is 5.22 Å². The van der Waals surface area contributed by atoms with Crippen LogP contribution in [0.4, 0.5) is 0 Å². The van der Waals surface area contributed by atoms with Crippen molar-refractivity contribution in [1.29, 1.82) is 5.26 Å². The number of nitriles is 1. The number of benzene rings is 2. The van der Waals surface area contributed by atoms with E-state index in [0.717, 1.165) is 12.0 Å². The Kier molecular flexibility index (Phi) is 5.29. The molecule has 0 aliphatic heterocycles. The summed E-state index contributed by atoms with van der Waals surface area (Å²) in [5, 5.41) is 17.7. The highest BCUT2D eigenvalue weighted by atomic mass is 32.2. The van der Waals surface area contributed by atoms with Crippen LogP contribution in [-0.4, -0.2) is 10.2 Å². The van der Waals surface area contributed by atoms with Crippen LogP contribution in [0.2, 0.25) is 0 Å². The average molecular weight is 335 g/mol. The van der Waals surface area contributed by atoms with Crippen molar-refractivity contribution in [3.63, 3.8) is 0 Å². The molecule has 0 aliphatic carbocycles. The molecule has 120 valence electrons. The molecule has 0 amide bonds. The maximum absolute atomic E-state index is 8.93. The van der Waals surface area contributed by atoms with Gasteiger partial charge < -0.3 is 4.42 Å². The second-order valence-electron chi connectivity index (χ2n) is 5.58. The summed E-state index contributed by atoms with van der Waals surface area (Å²) in [6, 6.07) is 20.0. The molecule has 3 rings (SSSR count). The Balaban J connectivity index is 1.58. The smallest absolute Gasteiger partial charge is 0.276 e. The average Bonchev–Trinajstić information content (AvgIpc) is 3.08. The fraction of sp³-hybridized carbons (Fsp3) is 0.211. The van der Waals surface area contributed by atoms with Gasteiger partial charge in [-0.3, -0.25) is 0 Å². The molecule has 1 unspecified atom stereocenters. The zero-order chi connectivity index (χ0) is 16.8. The van der Waals surface area contributed by atoms with Gasteiger partial charge in [0.1, 0.15) is 0 Å². The van der Waals surface area contributed by atoms with Gasteiger partial charge in [-0.2, -0.15) is 5.26 Å². The lowest BCUT2D eigenvalue weighted by Crippen LogP contribution is -1.98. The van der Waals surface area contributed by atoms with E-state index in [-0.39, 0.29) is 0 Å². The molecule has 0 fully saturated rings. The summed E-state index contributed by atoms with van der Waals surface area (Å²) in [6.45, 7) is 2.15. The molecule has 0 bridgehead atoms. The number of aromatic nitrogens is 2. The van der Waals surface area contributed by atoms with Gasteiger partial charge in [0.05, 0.1) is 11.6 Å². The van der Waals surface area contributed by atoms with Gasteiger partial charge in [-0.05, 0) is 29.2 Å². The molecule has 0 aliphatic rings. The molecule has 1 atom stereocenters. The van der Waals surface area contributed by atoms with E-state index in [1.54, 1.807) is 6.07 Å². The number of rotatable bonds is 6. The number of thioether (sulfide) groups is 1. The molecule has 0 spiro atoms. The third-order valence-electron chi connectivity index (χ3n) is 3.72. The van der Waals surface area contributed by atoms with Gasteiger partial charge in [-0.15, -0.1) is 10.2 Å². The van der Waals surface area contributed by atoms with E-state index < -0.39 is 0 Å². The molecule has 3 aromatic rings. The second-order valence-corrected chi connectivity index (χ2v) is 6.51. The van der Waals surface area contributed by atoms with Crippen LogP contribution in [-0.2, 0) is 12.2 Å². The minimum atomic E-state index is 0.330. The van der Waals surface area contributed by atoms with Crippen LogP contribution in [0, 0.1) is 11.3 Å². The summed E-state index contributed by atoms with van der Waals surface area (Å²) in [5.74, 6) is 1.68. The molecular formula is C19H17N3OS. The minimum Gasteiger partial charge on any atom is -0.416 e. The largest absolute Gasteiger partial charge is 0.416 e. The Labute approximate surface area is 145 Å². The first-order valence-electron chi connectivity index (χ1n) is 7.74. The standard InChI is InChI=1S/C19H17N3OS/c1-14(17-8-3-2-4-9-17)10-18-21-22-19(23-18)24-13-16-7-5-6-15(11-16)12-20/h2-9,11,14H,10,13H2,1H3. The third-order valence-corrected chi connectivity index (χ3v) is 4.61. The topological polar surface area (TPSA) is 62.7 Å². The summed E-state index contributed by atoms with van der Waals surface area (Å²) < 4.78 is 5.73. The Morgan fingerprint density at radius 3 is 2.75 bits per heavy atom. The Bertz CT molecular complexity index is 839. The number of nitrogens with zero attached hydrogens (tertiary/aromatic N) is 3. The van der Waals surface area contributed by atoms with Crippen molar-refractivity contribution in [3.8, 4) is 6.07 Å². The van der Waals surface area contributed by atoms with E-state index in [1.807, 2.05) is 36.4 Å². The highest BCUT2D eigenvalue weighted by molar-refractivity contribution is 7.98. The first-order chi connectivity index (χ1) is 11.7. The monoisotopic (exact) mass is 335 g/mol. The predicted octanol–water partition coefficient (Wildman–Crippen LogP) is 4.58. The van der Waals surface area contributed by atoms with Crippen LogP contribution < -0.4 is 0 Å². The van der Waals surface area contributed by atoms with Gasteiger partial charge in [-0.1, -0.05) is 61.2 Å². The molecule has 0 saturated carbocycles. The molecule has 5 heteroatoms. The zero-order valence-corrected chi connectivity index (χ0v) is 14.2. The van der Waals surface area contributed by atoms with Crippen molar-refractivity contribution in [1.82, 2.24) is 10.2 Å². The van der Waals surface area contributed by atoms with E-state index in [0.29, 0.717) is 28.3 Å². The third kappa shape index (κ3) is 4.24. The van der Waals surface area contributed by atoms with Gasteiger partial charge in [0.2, 0.25) is 5.89 Å². The first kappa shape index (κ1) is 16.3. The predicted molar refractivity (Wildman–Crippen MR) is 93.6 cm³/mol. The Morgan fingerprint density at radius 1 is 1.12 bits per heavy atom.